The molecule has 2 aromatic carbocycles. The molecule has 206 valence electrons. The number of hydrogen-bond acceptors (Lipinski definition) is 4. The van der Waals surface area contributed by atoms with Crippen molar-refractivity contribution in [1.29, 1.82) is 0 Å². The lowest BCUT2D eigenvalue weighted by Crippen LogP contribution is -2.36. The minimum absolute atomic E-state index is 0. The van der Waals surface area contributed by atoms with Crippen LogP contribution in [0.3, 0.4) is 0 Å². The monoisotopic (exact) mass is 546 g/mol. The topological polar surface area (TPSA) is 63.3 Å². The van der Waals surface area contributed by atoms with Crippen molar-refractivity contribution in [2.24, 2.45) is 0 Å². The molecule has 6 nitrogen and oxygen atoms in total. The summed E-state index contributed by atoms with van der Waals surface area (Å²) < 4.78 is 30.6. The number of aliphatic hydroxyl groups excluding tert-OH is 1. The highest BCUT2D eigenvalue weighted by Crippen LogP contribution is 2.32. The van der Waals surface area contributed by atoms with Crippen LogP contribution in [0.1, 0.15) is 56.0 Å². The molecule has 0 atom stereocenters. The van der Waals surface area contributed by atoms with Crippen LogP contribution in [0.2, 0.25) is 0 Å². The van der Waals surface area contributed by atoms with Crippen LogP contribution in [-0.4, -0.2) is 50.6 Å². The standard InChI is InChI=1S/C27H30F2N4O.C2H6O.ClH/c28-23-9-5-20(6-10-23)26(21-7-11-24(29)12-8-21)22-13-16-31(17-14-22)18-19-33-27(34)32-15-3-1-2-4-25(32)30-33;1-2-3;/h5-12H,1-4,13-19H2;3H,2H2,1H3;1H. The second-order valence-corrected chi connectivity index (χ2v) is 9.53. The first-order valence-electron chi connectivity index (χ1n) is 13.2. The highest BCUT2D eigenvalue weighted by atomic mass is 35.5. The third-order valence-electron chi connectivity index (χ3n) is 6.99. The fourth-order valence-electron chi connectivity index (χ4n) is 5.11. The van der Waals surface area contributed by atoms with Gasteiger partial charge in [0.15, 0.2) is 0 Å². The van der Waals surface area contributed by atoms with E-state index in [1.54, 1.807) is 35.9 Å². The first-order chi connectivity index (χ1) is 18.0. The molecule has 0 spiro atoms. The largest absolute Gasteiger partial charge is 0.397 e. The van der Waals surface area contributed by atoms with Crippen LogP contribution < -0.4 is 5.69 Å². The van der Waals surface area contributed by atoms with Gasteiger partial charge in [-0.05, 0) is 73.6 Å². The van der Waals surface area contributed by atoms with Gasteiger partial charge in [0.1, 0.15) is 17.5 Å². The maximum atomic E-state index is 13.5. The summed E-state index contributed by atoms with van der Waals surface area (Å²) in [4.78, 5) is 15.1. The van der Waals surface area contributed by atoms with E-state index in [9.17, 15) is 13.6 Å². The van der Waals surface area contributed by atoms with Gasteiger partial charge in [0, 0.05) is 39.2 Å². The third kappa shape index (κ3) is 7.40. The molecule has 1 N–H and O–H groups in total. The zero-order chi connectivity index (χ0) is 26.2. The molecule has 1 fully saturated rings. The molecule has 0 unspecified atom stereocenters. The van der Waals surface area contributed by atoms with E-state index in [1.807, 2.05) is 4.57 Å². The van der Waals surface area contributed by atoms with Crippen LogP contribution in [0.4, 0.5) is 8.78 Å². The number of nitrogens with zero attached hydrogens (tertiary/aromatic N) is 4. The summed E-state index contributed by atoms with van der Waals surface area (Å²) in [5.74, 6) is 0.386. The Morgan fingerprint density at radius 1 is 0.842 bits per heavy atom. The molecule has 38 heavy (non-hydrogen) atoms. The van der Waals surface area contributed by atoms with Crippen molar-refractivity contribution < 1.29 is 13.9 Å². The fraction of sp³-hybridized carbons (Fsp3) is 0.448. The number of likely N-dealkylation sites (tertiary alicyclic amines) is 1. The number of piperidine rings is 1. The van der Waals surface area contributed by atoms with Crippen LogP contribution in [-0.2, 0) is 19.5 Å². The zero-order valence-corrected chi connectivity index (χ0v) is 22.7. The molecule has 0 aliphatic carbocycles. The van der Waals surface area contributed by atoms with Gasteiger partial charge < -0.3 is 10.0 Å². The number of rotatable bonds is 5. The summed E-state index contributed by atoms with van der Waals surface area (Å²) in [5, 5.41) is 12.2. The quantitative estimate of drug-likeness (QED) is 0.485. The molecule has 5 rings (SSSR count). The molecule has 0 bridgehead atoms. The molecule has 0 saturated carbocycles. The van der Waals surface area contributed by atoms with Crippen molar-refractivity contribution in [2.45, 2.75) is 58.5 Å². The van der Waals surface area contributed by atoms with Gasteiger partial charge in [0.2, 0.25) is 0 Å². The number of halogens is 3. The molecule has 3 aromatic rings. The van der Waals surface area contributed by atoms with Gasteiger partial charge in [-0.1, -0.05) is 36.3 Å². The van der Waals surface area contributed by atoms with Crippen LogP contribution in [0.25, 0.3) is 5.57 Å². The Kier molecular flexibility index (Phi) is 11.2. The Hall–Kier alpha value is -2.81. The second kappa shape index (κ2) is 14.4. The molecule has 1 aromatic heterocycles. The maximum absolute atomic E-state index is 13.5. The minimum Gasteiger partial charge on any atom is -0.397 e. The lowest BCUT2D eigenvalue weighted by atomic mass is 9.88. The van der Waals surface area contributed by atoms with Gasteiger partial charge in [-0.25, -0.2) is 18.3 Å². The molecule has 3 heterocycles. The van der Waals surface area contributed by atoms with Crippen molar-refractivity contribution in [1.82, 2.24) is 19.2 Å². The van der Waals surface area contributed by atoms with Gasteiger partial charge in [0.05, 0.1) is 6.54 Å². The first kappa shape index (κ1) is 29.7. The van der Waals surface area contributed by atoms with Gasteiger partial charge in [-0.15, -0.1) is 12.4 Å². The second-order valence-electron chi connectivity index (χ2n) is 9.53. The number of aryl methyl sites for hydroxylation is 1. The smallest absolute Gasteiger partial charge is 0.345 e. The SMILES string of the molecule is CCO.Cl.O=c1n(CCN2CCC(=C(c3ccc(F)cc3)c3ccc(F)cc3)CC2)nc2n1CCCCC2. The minimum atomic E-state index is -0.270. The van der Waals surface area contributed by atoms with E-state index in [0.29, 0.717) is 6.54 Å². The Morgan fingerprint density at radius 3 is 1.95 bits per heavy atom. The maximum Gasteiger partial charge on any atom is 0.345 e. The number of benzene rings is 2. The highest BCUT2D eigenvalue weighted by Gasteiger charge is 2.21. The third-order valence-corrected chi connectivity index (χ3v) is 6.99. The van der Waals surface area contributed by atoms with E-state index in [2.05, 4.69) is 10.00 Å². The zero-order valence-electron chi connectivity index (χ0n) is 21.9. The number of hydrogen-bond donors (Lipinski definition) is 1. The van der Waals surface area contributed by atoms with Crippen molar-refractivity contribution in [3.05, 3.63) is 93.2 Å². The molecule has 2 aliphatic heterocycles. The summed E-state index contributed by atoms with van der Waals surface area (Å²) in [7, 11) is 0. The average molecular weight is 547 g/mol. The van der Waals surface area contributed by atoms with Gasteiger partial charge in [-0.3, -0.25) is 4.57 Å². The van der Waals surface area contributed by atoms with E-state index in [-0.39, 0.29) is 36.3 Å². The first-order valence-corrected chi connectivity index (χ1v) is 13.2. The summed E-state index contributed by atoms with van der Waals surface area (Å²) >= 11 is 0. The average Bonchev–Trinajstić information content (AvgIpc) is 3.05. The predicted molar refractivity (Wildman–Crippen MR) is 149 cm³/mol. The Balaban J connectivity index is 0.000000956. The molecule has 2 aliphatic rings. The van der Waals surface area contributed by atoms with Gasteiger partial charge >= 0.3 is 5.69 Å². The molecular formula is C29H37ClF2N4O2. The van der Waals surface area contributed by atoms with Crippen molar-refractivity contribution >= 4 is 18.0 Å². The molecule has 9 heteroatoms. The summed E-state index contributed by atoms with van der Waals surface area (Å²) in [6.45, 7) is 5.85. The Bertz CT molecular complexity index is 1200. The molecule has 0 amide bonds. The van der Waals surface area contributed by atoms with Crippen LogP contribution in [0.5, 0.6) is 0 Å². The van der Waals surface area contributed by atoms with Crippen LogP contribution >= 0.6 is 12.4 Å². The van der Waals surface area contributed by atoms with Crippen LogP contribution in [0.15, 0.2) is 58.9 Å². The van der Waals surface area contributed by atoms with E-state index < -0.39 is 0 Å². The number of aromatic nitrogens is 3. The van der Waals surface area contributed by atoms with E-state index >= 15 is 0 Å². The van der Waals surface area contributed by atoms with Crippen LogP contribution in [0, 0.1) is 11.6 Å². The van der Waals surface area contributed by atoms with Crippen molar-refractivity contribution in [3.63, 3.8) is 0 Å². The van der Waals surface area contributed by atoms with Crippen molar-refractivity contribution in [3.8, 4) is 0 Å². The number of aliphatic hydroxyl groups is 1. The summed E-state index contributed by atoms with van der Waals surface area (Å²) in [6.07, 6.45) is 5.93. The van der Waals surface area contributed by atoms with Crippen molar-refractivity contribution in [2.75, 3.05) is 26.2 Å². The van der Waals surface area contributed by atoms with E-state index in [4.69, 9.17) is 5.11 Å². The lowest BCUT2D eigenvalue weighted by molar-refractivity contribution is 0.241. The molecular weight excluding hydrogens is 510 g/mol. The normalized spacial score (nSPS) is 15.5. The summed E-state index contributed by atoms with van der Waals surface area (Å²) in [6, 6.07) is 13.1. The highest BCUT2D eigenvalue weighted by molar-refractivity contribution is 5.85. The molecule has 0 radical (unpaired) electrons. The Morgan fingerprint density at radius 2 is 1.39 bits per heavy atom. The van der Waals surface area contributed by atoms with Gasteiger partial charge in [0.25, 0.3) is 0 Å². The summed E-state index contributed by atoms with van der Waals surface area (Å²) in [5.41, 5.74) is 4.27. The number of fused-ring (bicyclic) bond motifs is 1. The Labute approximate surface area is 229 Å². The van der Waals surface area contributed by atoms with Gasteiger partial charge in [-0.2, -0.15) is 5.10 Å². The lowest BCUT2D eigenvalue weighted by Gasteiger charge is -2.30. The predicted octanol–water partition coefficient (Wildman–Crippen LogP) is 5.07. The fourth-order valence-corrected chi connectivity index (χ4v) is 5.11. The molecule has 1 saturated heterocycles. The van der Waals surface area contributed by atoms with E-state index in [1.165, 1.54) is 29.8 Å². The van der Waals surface area contributed by atoms with E-state index in [0.717, 1.165) is 87.2 Å².